The molecule has 2 rings (SSSR count). The zero-order chi connectivity index (χ0) is 19.9. The van der Waals surface area contributed by atoms with Crippen molar-refractivity contribution in [3.05, 3.63) is 41.6 Å². The molecule has 1 aromatic carbocycles. The van der Waals surface area contributed by atoms with E-state index in [0.29, 0.717) is 24.9 Å². The Kier molecular flexibility index (Phi) is 6.80. The Bertz CT molecular complexity index is 782. The topological polar surface area (TPSA) is 91.0 Å². The summed E-state index contributed by atoms with van der Waals surface area (Å²) in [6.45, 7) is 4.98. The molecule has 0 atom stereocenters. The minimum absolute atomic E-state index is 0.194. The number of nitrogens with one attached hydrogen (secondary N) is 4. The molecule has 1 aromatic heterocycles. The standard InChI is InChI=1S/C17H21F3N6O/c1-3-21-15-24-11(2)10-14(26-15)22-8-9-23-16(27)25-13-7-5-4-6-12(13)17(18,19)20/h4-7,10H,3,8-9H2,1-2H3,(H2,23,25,27)(H2,21,22,24,26). The van der Waals surface area contributed by atoms with Gasteiger partial charge in [-0.15, -0.1) is 0 Å². The van der Waals surface area contributed by atoms with Gasteiger partial charge in [-0.2, -0.15) is 18.2 Å². The van der Waals surface area contributed by atoms with Gasteiger partial charge >= 0.3 is 12.2 Å². The minimum Gasteiger partial charge on any atom is -0.368 e. The minimum atomic E-state index is -4.54. The molecule has 0 fully saturated rings. The van der Waals surface area contributed by atoms with Gasteiger partial charge in [0, 0.05) is 31.4 Å². The lowest BCUT2D eigenvalue weighted by molar-refractivity contribution is -0.136. The van der Waals surface area contributed by atoms with Crippen molar-refractivity contribution in [2.45, 2.75) is 20.0 Å². The lowest BCUT2D eigenvalue weighted by Crippen LogP contribution is -2.33. The highest BCUT2D eigenvalue weighted by Crippen LogP contribution is 2.34. The van der Waals surface area contributed by atoms with Gasteiger partial charge < -0.3 is 21.3 Å². The lowest BCUT2D eigenvalue weighted by Gasteiger charge is -2.14. The van der Waals surface area contributed by atoms with E-state index in [2.05, 4.69) is 31.2 Å². The second kappa shape index (κ2) is 9.06. The Morgan fingerprint density at radius 3 is 2.56 bits per heavy atom. The first-order chi connectivity index (χ1) is 12.8. The van der Waals surface area contributed by atoms with Crippen molar-refractivity contribution in [3.8, 4) is 0 Å². The summed E-state index contributed by atoms with van der Waals surface area (Å²) < 4.78 is 38.7. The van der Waals surface area contributed by atoms with Gasteiger partial charge in [-0.25, -0.2) is 9.78 Å². The van der Waals surface area contributed by atoms with E-state index >= 15 is 0 Å². The molecule has 0 unspecified atom stereocenters. The fourth-order valence-electron chi connectivity index (χ4n) is 2.27. The molecule has 2 amide bonds. The molecule has 0 aliphatic carbocycles. The number of hydrogen-bond donors (Lipinski definition) is 4. The zero-order valence-corrected chi connectivity index (χ0v) is 14.9. The molecule has 4 N–H and O–H groups in total. The van der Waals surface area contributed by atoms with Gasteiger partial charge in [0.2, 0.25) is 5.95 Å². The summed E-state index contributed by atoms with van der Waals surface area (Å²) in [5, 5.41) is 10.7. The number of rotatable bonds is 7. The van der Waals surface area contributed by atoms with Crippen LogP contribution < -0.4 is 21.3 Å². The number of carbonyl (C=O) groups excluding carboxylic acids is 1. The molecule has 0 aliphatic heterocycles. The van der Waals surface area contributed by atoms with Crippen LogP contribution in [0.4, 0.5) is 35.4 Å². The van der Waals surface area contributed by atoms with Gasteiger partial charge in [0.25, 0.3) is 0 Å². The average Bonchev–Trinajstić information content (AvgIpc) is 2.58. The summed E-state index contributed by atoms with van der Waals surface area (Å²) in [7, 11) is 0. The SMILES string of the molecule is CCNc1nc(C)cc(NCCNC(=O)Nc2ccccc2C(F)(F)F)n1. The lowest BCUT2D eigenvalue weighted by atomic mass is 10.1. The third-order valence-electron chi connectivity index (χ3n) is 3.39. The van der Waals surface area contributed by atoms with Crippen LogP contribution in [0, 0.1) is 6.92 Å². The van der Waals surface area contributed by atoms with Crippen LogP contribution in [0.2, 0.25) is 0 Å². The second-order valence-corrected chi connectivity index (χ2v) is 5.60. The average molecular weight is 382 g/mol. The van der Waals surface area contributed by atoms with Crippen molar-refractivity contribution >= 4 is 23.5 Å². The number of hydrogen-bond acceptors (Lipinski definition) is 5. The predicted octanol–water partition coefficient (Wildman–Crippen LogP) is 3.47. The molecule has 7 nitrogen and oxygen atoms in total. The highest BCUT2D eigenvalue weighted by atomic mass is 19.4. The Labute approximate surface area is 154 Å². The van der Waals surface area contributed by atoms with E-state index in [1.54, 1.807) is 6.07 Å². The highest BCUT2D eigenvalue weighted by molar-refractivity contribution is 5.90. The van der Waals surface area contributed by atoms with Crippen molar-refractivity contribution in [2.24, 2.45) is 0 Å². The molecule has 0 spiro atoms. The van der Waals surface area contributed by atoms with E-state index in [9.17, 15) is 18.0 Å². The fourth-order valence-corrected chi connectivity index (χ4v) is 2.27. The fraction of sp³-hybridized carbons (Fsp3) is 0.353. The molecule has 1 heterocycles. The highest BCUT2D eigenvalue weighted by Gasteiger charge is 2.33. The molecule has 0 bridgehead atoms. The zero-order valence-electron chi connectivity index (χ0n) is 14.9. The smallest absolute Gasteiger partial charge is 0.368 e. The van der Waals surface area contributed by atoms with Crippen LogP contribution in [0.5, 0.6) is 0 Å². The number of carbonyl (C=O) groups is 1. The Hall–Kier alpha value is -3.04. The summed E-state index contributed by atoms with van der Waals surface area (Å²) in [5.41, 5.74) is -0.416. The molecular formula is C17H21F3N6O. The number of aryl methyl sites for hydroxylation is 1. The molecule has 146 valence electrons. The molecule has 10 heteroatoms. The molecule has 27 heavy (non-hydrogen) atoms. The second-order valence-electron chi connectivity index (χ2n) is 5.60. The van der Waals surface area contributed by atoms with Crippen molar-refractivity contribution in [2.75, 3.05) is 35.6 Å². The monoisotopic (exact) mass is 382 g/mol. The van der Waals surface area contributed by atoms with Crippen LogP contribution >= 0.6 is 0 Å². The van der Waals surface area contributed by atoms with E-state index in [4.69, 9.17) is 0 Å². The van der Waals surface area contributed by atoms with Gasteiger partial charge in [0.1, 0.15) is 5.82 Å². The first kappa shape index (κ1) is 20.3. The van der Waals surface area contributed by atoms with Crippen LogP contribution in [-0.4, -0.2) is 35.6 Å². The van der Waals surface area contributed by atoms with Gasteiger partial charge in [0.15, 0.2) is 0 Å². The summed E-state index contributed by atoms with van der Waals surface area (Å²) >= 11 is 0. The van der Waals surface area contributed by atoms with E-state index in [1.165, 1.54) is 18.2 Å². The number of alkyl halides is 3. The van der Waals surface area contributed by atoms with Crippen molar-refractivity contribution in [1.82, 2.24) is 15.3 Å². The number of urea groups is 1. The number of halogens is 3. The molecule has 0 saturated heterocycles. The van der Waals surface area contributed by atoms with Crippen LogP contribution in [0.1, 0.15) is 18.2 Å². The summed E-state index contributed by atoms with van der Waals surface area (Å²) in [5.74, 6) is 1.08. The number of benzene rings is 1. The summed E-state index contributed by atoms with van der Waals surface area (Å²) in [6, 6.07) is 5.83. The number of para-hydroxylation sites is 1. The van der Waals surface area contributed by atoms with Crippen molar-refractivity contribution < 1.29 is 18.0 Å². The van der Waals surface area contributed by atoms with Gasteiger partial charge in [-0.3, -0.25) is 0 Å². The third-order valence-corrected chi connectivity index (χ3v) is 3.39. The Morgan fingerprint density at radius 1 is 1.11 bits per heavy atom. The van der Waals surface area contributed by atoms with Crippen LogP contribution in [0.3, 0.4) is 0 Å². The van der Waals surface area contributed by atoms with Gasteiger partial charge in [-0.05, 0) is 26.0 Å². The van der Waals surface area contributed by atoms with Crippen molar-refractivity contribution in [3.63, 3.8) is 0 Å². The molecular weight excluding hydrogens is 361 g/mol. The van der Waals surface area contributed by atoms with Crippen molar-refractivity contribution in [1.29, 1.82) is 0 Å². The maximum absolute atomic E-state index is 12.9. The summed E-state index contributed by atoms with van der Waals surface area (Å²) in [6.07, 6.45) is -4.54. The van der Waals surface area contributed by atoms with Crippen LogP contribution in [0.25, 0.3) is 0 Å². The molecule has 0 aliphatic rings. The number of amides is 2. The third kappa shape index (κ3) is 6.32. The number of anilines is 3. The van der Waals surface area contributed by atoms with Crippen LogP contribution in [0.15, 0.2) is 30.3 Å². The molecule has 2 aromatic rings. The molecule has 0 radical (unpaired) electrons. The van der Waals surface area contributed by atoms with Gasteiger partial charge in [-0.1, -0.05) is 12.1 Å². The number of nitrogens with zero attached hydrogens (tertiary/aromatic N) is 2. The maximum Gasteiger partial charge on any atom is 0.418 e. The van der Waals surface area contributed by atoms with E-state index in [0.717, 1.165) is 11.8 Å². The largest absolute Gasteiger partial charge is 0.418 e. The molecule has 0 saturated carbocycles. The van der Waals surface area contributed by atoms with E-state index < -0.39 is 17.8 Å². The van der Waals surface area contributed by atoms with E-state index in [1.807, 2.05) is 13.8 Å². The first-order valence-corrected chi connectivity index (χ1v) is 8.34. The van der Waals surface area contributed by atoms with E-state index in [-0.39, 0.29) is 12.2 Å². The Balaban J connectivity index is 1.84. The summed E-state index contributed by atoms with van der Waals surface area (Å²) in [4.78, 5) is 20.3. The van der Waals surface area contributed by atoms with Crippen LogP contribution in [-0.2, 0) is 6.18 Å². The first-order valence-electron chi connectivity index (χ1n) is 8.34. The quantitative estimate of drug-likeness (QED) is 0.551. The van der Waals surface area contributed by atoms with Gasteiger partial charge in [0.05, 0.1) is 11.3 Å². The Morgan fingerprint density at radius 2 is 1.85 bits per heavy atom. The maximum atomic E-state index is 12.9. The number of aromatic nitrogens is 2. The normalized spacial score (nSPS) is 11.0. The predicted molar refractivity (Wildman–Crippen MR) is 97.9 cm³/mol.